The number of anilines is 1. The van der Waals surface area contributed by atoms with E-state index >= 15 is 0 Å². The highest BCUT2D eigenvalue weighted by Gasteiger charge is 2.14. The Bertz CT molecular complexity index is 674. The van der Waals surface area contributed by atoms with Crippen molar-refractivity contribution in [1.29, 1.82) is 0 Å². The molecule has 0 aliphatic carbocycles. The van der Waals surface area contributed by atoms with Crippen molar-refractivity contribution in [3.05, 3.63) is 46.0 Å². The lowest BCUT2D eigenvalue weighted by Crippen LogP contribution is -2.31. The van der Waals surface area contributed by atoms with E-state index in [0.29, 0.717) is 0 Å². The number of nitrogens with zero attached hydrogens (tertiary/aromatic N) is 2. The molecule has 0 saturated heterocycles. The van der Waals surface area contributed by atoms with Crippen molar-refractivity contribution in [1.82, 2.24) is 15.1 Å². The first-order chi connectivity index (χ1) is 9.86. The van der Waals surface area contributed by atoms with Gasteiger partial charge in [0.1, 0.15) is 5.82 Å². The first kappa shape index (κ1) is 15.6. The quantitative estimate of drug-likeness (QED) is 0.842. The Balaban J connectivity index is 2.03. The maximum atomic E-state index is 13.7. The highest BCUT2D eigenvalue weighted by Crippen LogP contribution is 2.28. The minimum absolute atomic E-state index is 0.0414. The van der Waals surface area contributed by atoms with Gasteiger partial charge < -0.3 is 10.6 Å². The fourth-order valence-corrected chi connectivity index (χ4v) is 2.03. The fourth-order valence-electron chi connectivity index (χ4n) is 1.72. The Kier molecular flexibility index (Phi) is 4.69. The summed E-state index contributed by atoms with van der Waals surface area (Å²) < 4.78 is 15.3. The molecule has 2 N–H and O–H groups in total. The first-order valence-electron chi connectivity index (χ1n) is 6.07. The van der Waals surface area contributed by atoms with Crippen LogP contribution in [-0.4, -0.2) is 15.8 Å². The second kappa shape index (κ2) is 6.32. The number of hydrogen-bond donors (Lipinski definition) is 2. The molecule has 0 bridgehead atoms. The molecule has 0 unspecified atom stereocenters. The van der Waals surface area contributed by atoms with Crippen molar-refractivity contribution < 1.29 is 9.18 Å². The van der Waals surface area contributed by atoms with Gasteiger partial charge in [0.25, 0.3) is 0 Å². The Morgan fingerprint density at radius 3 is 2.67 bits per heavy atom. The van der Waals surface area contributed by atoms with Crippen LogP contribution in [0.1, 0.15) is 18.5 Å². The number of nitrogens with one attached hydrogen (secondary N) is 2. The predicted octanol–water partition coefficient (Wildman–Crippen LogP) is 3.75. The summed E-state index contributed by atoms with van der Waals surface area (Å²) in [6, 6.07) is 1.48. The van der Waals surface area contributed by atoms with Crippen LogP contribution < -0.4 is 10.6 Å². The van der Waals surface area contributed by atoms with Gasteiger partial charge >= 0.3 is 6.03 Å². The predicted molar refractivity (Wildman–Crippen MR) is 80.2 cm³/mol. The van der Waals surface area contributed by atoms with E-state index in [1.54, 1.807) is 31.0 Å². The smallest absolute Gasteiger partial charge is 0.319 e. The van der Waals surface area contributed by atoms with E-state index in [4.69, 9.17) is 23.2 Å². The van der Waals surface area contributed by atoms with Crippen LogP contribution >= 0.6 is 23.2 Å². The minimum Gasteiger partial charge on any atom is -0.331 e. The van der Waals surface area contributed by atoms with Crippen LogP contribution in [0.3, 0.4) is 0 Å². The number of carbonyl (C=O) groups is 1. The lowest BCUT2D eigenvalue weighted by Gasteiger charge is -2.14. The van der Waals surface area contributed by atoms with Gasteiger partial charge in [-0.2, -0.15) is 5.10 Å². The van der Waals surface area contributed by atoms with E-state index in [0.717, 1.165) is 11.6 Å². The number of aromatic nitrogens is 2. The SMILES string of the molecule is C[C@H](NC(=O)Nc1cc(Cl)c(Cl)cc1F)c1cnn(C)c1. The normalized spacial score (nSPS) is 12.0. The van der Waals surface area contributed by atoms with E-state index in [1.807, 2.05) is 0 Å². The van der Waals surface area contributed by atoms with Crippen molar-refractivity contribution in [2.75, 3.05) is 5.32 Å². The van der Waals surface area contributed by atoms with Crippen LogP contribution in [0.2, 0.25) is 10.0 Å². The van der Waals surface area contributed by atoms with Gasteiger partial charge in [0.05, 0.1) is 28.0 Å². The maximum Gasteiger partial charge on any atom is 0.319 e. The molecule has 0 saturated carbocycles. The lowest BCUT2D eigenvalue weighted by molar-refractivity contribution is 0.249. The van der Waals surface area contributed by atoms with Crippen molar-refractivity contribution in [2.45, 2.75) is 13.0 Å². The topological polar surface area (TPSA) is 59.0 Å². The van der Waals surface area contributed by atoms with Crippen LogP contribution in [0.5, 0.6) is 0 Å². The minimum atomic E-state index is -0.659. The van der Waals surface area contributed by atoms with E-state index in [2.05, 4.69) is 15.7 Å². The molecule has 1 aromatic carbocycles. The second-order valence-electron chi connectivity index (χ2n) is 4.51. The van der Waals surface area contributed by atoms with Crippen LogP contribution in [0.15, 0.2) is 24.5 Å². The zero-order valence-electron chi connectivity index (χ0n) is 11.3. The average Bonchev–Trinajstić information content (AvgIpc) is 2.82. The van der Waals surface area contributed by atoms with Crippen molar-refractivity contribution in [3.63, 3.8) is 0 Å². The van der Waals surface area contributed by atoms with Crippen LogP contribution in [0, 0.1) is 5.82 Å². The molecule has 1 aromatic heterocycles. The fraction of sp³-hybridized carbons (Fsp3) is 0.231. The number of halogens is 3. The Morgan fingerprint density at radius 1 is 1.38 bits per heavy atom. The highest BCUT2D eigenvalue weighted by molar-refractivity contribution is 6.42. The van der Waals surface area contributed by atoms with Crippen LogP contribution in [0.25, 0.3) is 0 Å². The molecule has 5 nitrogen and oxygen atoms in total. The van der Waals surface area contributed by atoms with Crippen molar-refractivity contribution in [2.24, 2.45) is 7.05 Å². The number of aryl methyl sites for hydroxylation is 1. The van der Waals surface area contributed by atoms with Crippen molar-refractivity contribution >= 4 is 34.9 Å². The summed E-state index contributed by atoms with van der Waals surface area (Å²) >= 11 is 11.5. The third-order valence-electron chi connectivity index (χ3n) is 2.83. The molecule has 2 rings (SSSR count). The largest absolute Gasteiger partial charge is 0.331 e. The Labute approximate surface area is 131 Å². The van der Waals surface area contributed by atoms with Crippen molar-refractivity contribution in [3.8, 4) is 0 Å². The number of benzene rings is 1. The van der Waals surface area contributed by atoms with E-state index < -0.39 is 11.8 Å². The number of urea groups is 1. The molecule has 0 spiro atoms. The zero-order valence-corrected chi connectivity index (χ0v) is 12.8. The van der Waals surface area contributed by atoms with Gasteiger partial charge in [-0.1, -0.05) is 23.2 Å². The Morgan fingerprint density at radius 2 is 2.05 bits per heavy atom. The molecule has 1 heterocycles. The molecule has 112 valence electrons. The number of hydrogen-bond acceptors (Lipinski definition) is 2. The number of carbonyl (C=O) groups excluding carboxylic acids is 1. The van der Waals surface area contributed by atoms with Gasteiger partial charge in [-0.05, 0) is 19.1 Å². The molecule has 0 aliphatic heterocycles. The van der Waals surface area contributed by atoms with Gasteiger partial charge in [-0.25, -0.2) is 9.18 Å². The summed E-state index contributed by atoms with van der Waals surface area (Å²) in [5, 5.41) is 9.33. The third kappa shape index (κ3) is 3.86. The van der Waals surface area contributed by atoms with E-state index in [1.165, 1.54) is 6.07 Å². The summed E-state index contributed by atoms with van der Waals surface area (Å²) in [4.78, 5) is 11.9. The summed E-state index contributed by atoms with van der Waals surface area (Å²) in [6.45, 7) is 1.79. The Hall–Kier alpha value is -1.79. The van der Waals surface area contributed by atoms with Gasteiger partial charge in [0, 0.05) is 18.8 Å². The van der Waals surface area contributed by atoms with Gasteiger partial charge in [-0.3, -0.25) is 4.68 Å². The molecular formula is C13H13Cl2FN4O. The third-order valence-corrected chi connectivity index (χ3v) is 3.55. The summed E-state index contributed by atoms with van der Waals surface area (Å²) in [5.41, 5.74) is 0.794. The molecular weight excluding hydrogens is 318 g/mol. The molecule has 0 fully saturated rings. The highest BCUT2D eigenvalue weighted by atomic mass is 35.5. The van der Waals surface area contributed by atoms with Gasteiger partial charge in [0.15, 0.2) is 0 Å². The molecule has 8 heteroatoms. The second-order valence-corrected chi connectivity index (χ2v) is 5.33. The zero-order chi connectivity index (χ0) is 15.6. The number of amides is 2. The molecule has 21 heavy (non-hydrogen) atoms. The summed E-state index contributed by atoms with van der Waals surface area (Å²) in [7, 11) is 1.78. The van der Waals surface area contributed by atoms with Gasteiger partial charge in [0.2, 0.25) is 0 Å². The van der Waals surface area contributed by atoms with E-state index in [9.17, 15) is 9.18 Å². The number of rotatable bonds is 3. The van der Waals surface area contributed by atoms with Crippen LogP contribution in [-0.2, 0) is 7.05 Å². The monoisotopic (exact) mass is 330 g/mol. The first-order valence-corrected chi connectivity index (χ1v) is 6.83. The lowest BCUT2D eigenvalue weighted by atomic mass is 10.2. The molecule has 1 atom stereocenters. The molecule has 2 amide bonds. The van der Waals surface area contributed by atoms with Gasteiger partial charge in [-0.15, -0.1) is 0 Å². The molecule has 0 radical (unpaired) electrons. The summed E-state index contributed by atoms with van der Waals surface area (Å²) in [5.74, 6) is -0.659. The standard InChI is InChI=1S/C13H13Cl2FN4O/c1-7(8-5-17-20(2)6-8)18-13(21)19-12-4-10(15)9(14)3-11(12)16/h3-7H,1-2H3,(H2,18,19,21)/t7-/m0/s1. The maximum absolute atomic E-state index is 13.7. The molecule has 0 aliphatic rings. The van der Waals surface area contributed by atoms with E-state index in [-0.39, 0.29) is 21.8 Å². The van der Waals surface area contributed by atoms with Crippen LogP contribution in [0.4, 0.5) is 14.9 Å². The summed E-state index contributed by atoms with van der Waals surface area (Å²) in [6.07, 6.45) is 3.43. The average molecular weight is 331 g/mol. The molecule has 2 aromatic rings.